The zero-order valence-corrected chi connectivity index (χ0v) is 15.1. The summed E-state index contributed by atoms with van der Waals surface area (Å²) in [7, 11) is -2.13. The predicted octanol–water partition coefficient (Wildman–Crippen LogP) is 3.27. The molecule has 1 heterocycles. The Kier molecular flexibility index (Phi) is 4.94. The van der Waals surface area contributed by atoms with Gasteiger partial charge in [-0.1, -0.05) is 12.1 Å². The van der Waals surface area contributed by atoms with Crippen molar-refractivity contribution in [2.24, 2.45) is 0 Å². The Morgan fingerprint density at radius 2 is 1.92 bits per heavy atom. The Morgan fingerprint density at radius 3 is 2.54 bits per heavy atom. The van der Waals surface area contributed by atoms with Crippen LogP contribution < -0.4 is 9.46 Å². The van der Waals surface area contributed by atoms with Gasteiger partial charge in [-0.25, -0.2) is 17.8 Å². The molecule has 3 rings (SSSR count). The van der Waals surface area contributed by atoms with Crippen LogP contribution in [-0.2, 0) is 15.8 Å². The van der Waals surface area contributed by atoms with Crippen LogP contribution in [-0.4, -0.2) is 25.1 Å². The lowest BCUT2D eigenvalue weighted by Crippen LogP contribution is -2.15. The number of imidazole rings is 1. The number of aryl methyl sites for hydroxylation is 1. The number of hydrogen-bond donors (Lipinski definition) is 1. The number of halogens is 1. The third-order valence-corrected chi connectivity index (χ3v) is 4.97. The van der Waals surface area contributed by atoms with Crippen LogP contribution in [0.3, 0.4) is 0 Å². The van der Waals surface area contributed by atoms with Crippen molar-refractivity contribution >= 4 is 15.7 Å². The summed E-state index contributed by atoms with van der Waals surface area (Å²) in [5, 5.41) is 0. The molecule has 26 heavy (non-hydrogen) atoms. The lowest BCUT2D eigenvalue weighted by Gasteiger charge is -2.13. The van der Waals surface area contributed by atoms with Gasteiger partial charge in [0.25, 0.3) is 0 Å². The van der Waals surface area contributed by atoms with Gasteiger partial charge in [0.2, 0.25) is 10.0 Å². The van der Waals surface area contributed by atoms with E-state index in [0.717, 1.165) is 11.4 Å². The van der Waals surface area contributed by atoms with Crippen molar-refractivity contribution < 1.29 is 17.5 Å². The first-order valence-electron chi connectivity index (χ1n) is 7.80. The third-order valence-electron chi connectivity index (χ3n) is 3.71. The van der Waals surface area contributed by atoms with Crippen LogP contribution in [0.5, 0.6) is 5.75 Å². The fourth-order valence-corrected chi connectivity index (χ4v) is 3.71. The van der Waals surface area contributed by atoms with Crippen molar-refractivity contribution in [1.29, 1.82) is 0 Å². The van der Waals surface area contributed by atoms with Crippen molar-refractivity contribution in [2.45, 2.75) is 12.7 Å². The minimum atomic E-state index is -3.65. The van der Waals surface area contributed by atoms with Gasteiger partial charge in [0.05, 0.1) is 36.3 Å². The van der Waals surface area contributed by atoms with Crippen molar-refractivity contribution in [3.63, 3.8) is 0 Å². The van der Waals surface area contributed by atoms with Gasteiger partial charge in [-0.2, -0.15) is 0 Å². The van der Waals surface area contributed by atoms with E-state index in [0.29, 0.717) is 17.0 Å². The van der Waals surface area contributed by atoms with Gasteiger partial charge in [0.15, 0.2) is 0 Å². The molecule has 2 aromatic carbocycles. The molecule has 136 valence electrons. The molecule has 1 N–H and O–H groups in total. The van der Waals surface area contributed by atoms with Gasteiger partial charge in [-0.05, 0) is 36.8 Å². The molecule has 0 bridgehead atoms. The zero-order chi connectivity index (χ0) is 18.7. The molecule has 0 aliphatic carbocycles. The fourth-order valence-electron chi connectivity index (χ4n) is 2.52. The fraction of sp³-hybridized carbons (Fsp3) is 0.167. The highest BCUT2D eigenvalue weighted by molar-refractivity contribution is 7.91. The molecular weight excluding hydrogens is 357 g/mol. The molecule has 0 radical (unpaired) electrons. The van der Waals surface area contributed by atoms with E-state index in [1.807, 2.05) is 13.1 Å². The van der Waals surface area contributed by atoms with E-state index in [9.17, 15) is 12.8 Å². The Morgan fingerprint density at radius 1 is 1.19 bits per heavy atom. The number of hydrogen-bond acceptors (Lipinski definition) is 4. The molecule has 0 saturated heterocycles. The van der Waals surface area contributed by atoms with E-state index >= 15 is 0 Å². The van der Waals surface area contributed by atoms with Crippen LogP contribution in [0.1, 0.15) is 11.3 Å². The molecule has 0 spiro atoms. The van der Waals surface area contributed by atoms with Crippen LogP contribution in [0.15, 0.2) is 55.0 Å². The van der Waals surface area contributed by atoms with Gasteiger partial charge < -0.3 is 9.30 Å². The lowest BCUT2D eigenvalue weighted by atomic mass is 10.2. The molecule has 0 saturated carbocycles. The summed E-state index contributed by atoms with van der Waals surface area (Å²) >= 11 is 0. The number of sulfonamides is 1. The molecule has 0 aliphatic rings. The number of rotatable bonds is 6. The molecule has 0 atom stereocenters. The molecule has 8 heteroatoms. The number of methoxy groups -OCH3 is 1. The minimum absolute atomic E-state index is 0.252. The number of aromatic nitrogens is 2. The van der Waals surface area contributed by atoms with E-state index in [4.69, 9.17) is 4.74 Å². The Bertz CT molecular complexity index is 1010. The minimum Gasteiger partial charge on any atom is -0.494 e. The second-order valence-corrected chi connectivity index (χ2v) is 7.52. The molecule has 0 aliphatic heterocycles. The molecule has 0 unspecified atom stereocenters. The lowest BCUT2D eigenvalue weighted by molar-refractivity contribution is 0.413. The van der Waals surface area contributed by atoms with E-state index < -0.39 is 15.8 Å². The van der Waals surface area contributed by atoms with E-state index in [2.05, 4.69) is 9.71 Å². The van der Waals surface area contributed by atoms with Gasteiger partial charge in [0.1, 0.15) is 11.6 Å². The molecule has 1 aromatic heterocycles. The maximum Gasteiger partial charge on any atom is 0.236 e. The van der Waals surface area contributed by atoms with Crippen molar-refractivity contribution in [3.8, 4) is 11.4 Å². The molecule has 6 nitrogen and oxygen atoms in total. The smallest absolute Gasteiger partial charge is 0.236 e. The summed E-state index contributed by atoms with van der Waals surface area (Å²) < 4.78 is 47.3. The summed E-state index contributed by atoms with van der Waals surface area (Å²) in [6, 6.07) is 10.3. The molecule has 0 amide bonds. The van der Waals surface area contributed by atoms with Crippen LogP contribution in [0.2, 0.25) is 0 Å². The van der Waals surface area contributed by atoms with Gasteiger partial charge in [-0.15, -0.1) is 0 Å². The van der Waals surface area contributed by atoms with Crippen molar-refractivity contribution in [3.05, 3.63) is 72.1 Å². The third kappa shape index (κ3) is 4.20. The highest BCUT2D eigenvalue weighted by Crippen LogP contribution is 2.27. The summed E-state index contributed by atoms with van der Waals surface area (Å²) in [5.41, 5.74) is 2.48. The van der Waals surface area contributed by atoms with E-state index in [1.54, 1.807) is 29.1 Å². The normalized spacial score (nSPS) is 11.3. The summed E-state index contributed by atoms with van der Waals surface area (Å²) in [6.07, 6.45) is 3.50. The van der Waals surface area contributed by atoms with Crippen LogP contribution in [0, 0.1) is 12.7 Å². The average molecular weight is 375 g/mol. The number of benzene rings is 2. The monoisotopic (exact) mass is 375 g/mol. The standard InChI is InChI=1S/C18H18FN3O3S/c1-13-10-22(12-20-13)17-8-7-16(9-18(17)25-2)21-26(23,24)11-14-3-5-15(19)6-4-14/h3-10,12,21H,11H2,1-2H3. The highest BCUT2D eigenvalue weighted by Gasteiger charge is 2.14. The first-order chi connectivity index (χ1) is 12.4. The number of ether oxygens (including phenoxy) is 1. The number of anilines is 1. The van der Waals surface area contributed by atoms with Gasteiger partial charge in [-0.3, -0.25) is 4.72 Å². The van der Waals surface area contributed by atoms with Crippen molar-refractivity contribution in [2.75, 3.05) is 11.8 Å². The van der Waals surface area contributed by atoms with E-state index in [1.165, 1.54) is 31.4 Å². The van der Waals surface area contributed by atoms with Gasteiger partial charge >= 0.3 is 0 Å². The van der Waals surface area contributed by atoms with Crippen LogP contribution in [0.25, 0.3) is 5.69 Å². The SMILES string of the molecule is COc1cc(NS(=O)(=O)Cc2ccc(F)cc2)ccc1-n1cnc(C)c1. The highest BCUT2D eigenvalue weighted by atomic mass is 32.2. The van der Waals surface area contributed by atoms with Crippen LogP contribution in [0.4, 0.5) is 10.1 Å². The van der Waals surface area contributed by atoms with E-state index in [-0.39, 0.29) is 5.75 Å². The largest absolute Gasteiger partial charge is 0.494 e. The maximum absolute atomic E-state index is 12.9. The zero-order valence-electron chi connectivity index (χ0n) is 14.3. The molecule has 3 aromatic rings. The first-order valence-corrected chi connectivity index (χ1v) is 9.45. The molecule has 0 fully saturated rings. The topological polar surface area (TPSA) is 73.2 Å². The maximum atomic E-state index is 12.9. The summed E-state index contributed by atoms with van der Waals surface area (Å²) in [6.45, 7) is 1.88. The second-order valence-electron chi connectivity index (χ2n) is 5.80. The number of nitrogens with zero attached hydrogens (tertiary/aromatic N) is 2. The van der Waals surface area contributed by atoms with Crippen molar-refractivity contribution in [1.82, 2.24) is 9.55 Å². The molecular formula is C18H18FN3O3S. The summed E-state index contributed by atoms with van der Waals surface area (Å²) in [5.74, 6) is -0.156. The van der Waals surface area contributed by atoms with Gasteiger partial charge in [0, 0.05) is 12.3 Å². The predicted molar refractivity (Wildman–Crippen MR) is 97.5 cm³/mol. The first kappa shape index (κ1) is 17.9. The summed E-state index contributed by atoms with van der Waals surface area (Å²) in [4.78, 5) is 4.17. The average Bonchev–Trinajstić information content (AvgIpc) is 3.02. The second kappa shape index (κ2) is 7.17. The Hall–Kier alpha value is -2.87. The Balaban J connectivity index is 1.82. The number of nitrogens with one attached hydrogen (secondary N) is 1. The Labute approximate surface area is 151 Å². The van der Waals surface area contributed by atoms with Crippen LogP contribution >= 0.6 is 0 Å². The quantitative estimate of drug-likeness (QED) is 0.718.